The van der Waals surface area contributed by atoms with E-state index in [0.717, 1.165) is 37.6 Å². The number of guanidine groups is 1. The standard InChI is InChI=1S/C19H30N4O2.HI/c1-19(2,17(24)20-3)14-22-18(21-4)23-12-10-16(11-13-23)25-15-8-6-5-7-9-15;/h5-9,16H,10-14H2,1-4H3,(H,20,24)(H,21,22);1H. The number of nitrogens with zero attached hydrogens (tertiary/aromatic N) is 2. The molecule has 6 nitrogen and oxygen atoms in total. The van der Waals surface area contributed by atoms with Crippen molar-refractivity contribution in [3.05, 3.63) is 30.3 Å². The molecule has 1 aromatic carbocycles. The third-order valence-corrected chi connectivity index (χ3v) is 4.53. The topological polar surface area (TPSA) is 66.0 Å². The van der Waals surface area contributed by atoms with Gasteiger partial charge in [0.25, 0.3) is 0 Å². The number of benzene rings is 1. The van der Waals surface area contributed by atoms with Gasteiger partial charge in [-0.25, -0.2) is 0 Å². The van der Waals surface area contributed by atoms with Gasteiger partial charge in [0.15, 0.2) is 5.96 Å². The minimum atomic E-state index is -0.487. The molecule has 0 radical (unpaired) electrons. The number of carbonyl (C=O) groups is 1. The van der Waals surface area contributed by atoms with E-state index in [2.05, 4.69) is 20.5 Å². The zero-order valence-electron chi connectivity index (χ0n) is 16.1. The quantitative estimate of drug-likeness (QED) is 0.391. The number of carbonyl (C=O) groups excluding carboxylic acids is 1. The van der Waals surface area contributed by atoms with Crippen LogP contribution in [0.25, 0.3) is 0 Å². The number of halogens is 1. The predicted octanol–water partition coefficient (Wildman–Crippen LogP) is 2.50. The molecule has 0 saturated carbocycles. The van der Waals surface area contributed by atoms with Crippen LogP contribution in [-0.2, 0) is 4.79 Å². The van der Waals surface area contributed by atoms with Crippen molar-refractivity contribution in [3.8, 4) is 5.75 Å². The summed E-state index contributed by atoms with van der Waals surface area (Å²) in [7, 11) is 3.44. The van der Waals surface area contributed by atoms with E-state index < -0.39 is 5.41 Å². The second-order valence-electron chi connectivity index (χ2n) is 6.98. The van der Waals surface area contributed by atoms with Crippen LogP contribution in [0.3, 0.4) is 0 Å². The van der Waals surface area contributed by atoms with Crippen LogP contribution in [0.4, 0.5) is 0 Å². The molecule has 1 aromatic rings. The first-order valence-corrected chi connectivity index (χ1v) is 8.86. The Morgan fingerprint density at radius 1 is 1.27 bits per heavy atom. The van der Waals surface area contributed by atoms with E-state index >= 15 is 0 Å². The highest BCUT2D eigenvalue weighted by Crippen LogP contribution is 2.19. The molecule has 0 spiro atoms. The van der Waals surface area contributed by atoms with Gasteiger partial charge in [-0.05, 0) is 26.0 Å². The number of nitrogens with one attached hydrogen (secondary N) is 2. The van der Waals surface area contributed by atoms with Gasteiger partial charge >= 0.3 is 0 Å². The highest BCUT2D eigenvalue weighted by Gasteiger charge is 2.28. The number of ether oxygens (including phenoxy) is 1. The van der Waals surface area contributed by atoms with Crippen LogP contribution in [0, 0.1) is 5.41 Å². The molecule has 1 aliphatic rings. The second kappa shape index (κ2) is 10.6. The summed E-state index contributed by atoms with van der Waals surface area (Å²) in [6.07, 6.45) is 2.14. The number of aliphatic imine (C=N–C) groups is 1. The Labute approximate surface area is 173 Å². The molecule has 1 fully saturated rings. The summed E-state index contributed by atoms with van der Waals surface area (Å²) in [6.45, 7) is 6.16. The highest BCUT2D eigenvalue weighted by molar-refractivity contribution is 14.0. The van der Waals surface area contributed by atoms with E-state index in [1.807, 2.05) is 44.2 Å². The first kappa shape index (κ1) is 22.5. The van der Waals surface area contributed by atoms with Crippen molar-refractivity contribution in [2.24, 2.45) is 10.4 Å². The number of para-hydroxylation sites is 1. The molecule has 0 aliphatic carbocycles. The van der Waals surface area contributed by atoms with Crippen LogP contribution in [0.5, 0.6) is 5.75 Å². The number of piperidine rings is 1. The van der Waals surface area contributed by atoms with Crippen molar-refractivity contribution < 1.29 is 9.53 Å². The van der Waals surface area contributed by atoms with E-state index in [4.69, 9.17) is 4.74 Å². The molecule has 1 saturated heterocycles. The SMILES string of the molecule is CN=C(NCC(C)(C)C(=O)NC)N1CCC(Oc2ccccc2)CC1.I. The molecule has 146 valence electrons. The first-order valence-electron chi connectivity index (χ1n) is 8.86. The maximum atomic E-state index is 11.9. The minimum absolute atomic E-state index is 0. The van der Waals surface area contributed by atoms with Gasteiger partial charge in [0.2, 0.25) is 5.91 Å². The van der Waals surface area contributed by atoms with E-state index in [1.165, 1.54) is 0 Å². The van der Waals surface area contributed by atoms with Gasteiger partial charge in [-0.15, -0.1) is 24.0 Å². The van der Waals surface area contributed by atoms with Crippen LogP contribution < -0.4 is 15.4 Å². The van der Waals surface area contributed by atoms with E-state index in [-0.39, 0.29) is 36.0 Å². The Bertz CT molecular complexity index is 584. The lowest BCUT2D eigenvalue weighted by Crippen LogP contribution is -2.51. The minimum Gasteiger partial charge on any atom is -0.490 e. The third kappa shape index (κ3) is 6.34. The Morgan fingerprint density at radius 3 is 2.42 bits per heavy atom. The second-order valence-corrected chi connectivity index (χ2v) is 6.98. The number of likely N-dealkylation sites (tertiary alicyclic amines) is 1. The zero-order chi connectivity index (χ0) is 18.3. The maximum absolute atomic E-state index is 11.9. The van der Waals surface area contributed by atoms with E-state index in [0.29, 0.717) is 6.54 Å². The summed E-state index contributed by atoms with van der Waals surface area (Å²) < 4.78 is 6.04. The molecule has 26 heavy (non-hydrogen) atoms. The number of hydrogen-bond donors (Lipinski definition) is 2. The van der Waals surface area contributed by atoms with Gasteiger partial charge in [-0.1, -0.05) is 18.2 Å². The lowest BCUT2D eigenvalue weighted by atomic mass is 9.92. The van der Waals surface area contributed by atoms with Crippen LogP contribution in [0.2, 0.25) is 0 Å². The Kier molecular flexibility index (Phi) is 9.18. The van der Waals surface area contributed by atoms with Crippen LogP contribution in [0.1, 0.15) is 26.7 Å². The molecule has 0 aromatic heterocycles. The fourth-order valence-electron chi connectivity index (χ4n) is 2.93. The molecule has 1 aliphatic heterocycles. The molecule has 1 heterocycles. The normalized spacial score (nSPS) is 15.8. The average molecular weight is 474 g/mol. The highest BCUT2D eigenvalue weighted by atomic mass is 127. The number of rotatable bonds is 5. The zero-order valence-corrected chi connectivity index (χ0v) is 18.4. The van der Waals surface area contributed by atoms with Gasteiger partial charge in [-0.2, -0.15) is 0 Å². The Balaban J connectivity index is 0.00000338. The molecular weight excluding hydrogens is 443 g/mol. The predicted molar refractivity (Wildman–Crippen MR) is 116 cm³/mol. The van der Waals surface area contributed by atoms with Crippen molar-refractivity contribution in [3.63, 3.8) is 0 Å². The smallest absolute Gasteiger partial charge is 0.227 e. The van der Waals surface area contributed by atoms with Crippen molar-refractivity contribution in [2.45, 2.75) is 32.8 Å². The van der Waals surface area contributed by atoms with Gasteiger partial charge < -0.3 is 20.3 Å². The number of amides is 1. The molecule has 1 amide bonds. The summed E-state index contributed by atoms with van der Waals surface area (Å²) in [5.74, 6) is 1.79. The Morgan fingerprint density at radius 2 is 1.88 bits per heavy atom. The molecule has 0 bridgehead atoms. The number of hydrogen-bond acceptors (Lipinski definition) is 3. The first-order chi connectivity index (χ1) is 12.0. The van der Waals surface area contributed by atoms with Crippen LogP contribution in [0.15, 0.2) is 35.3 Å². The summed E-state index contributed by atoms with van der Waals surface area (Å²) in [6, 6.07) is 9.96. The van der Waals surface area contributed by atoms with Gasteiger partial charge in [-0.3, -0.25) is 9.79 Å². The van der Waals surface area contributed by atoms with Gasteiger partial charge in [0.1, 0.15) is 11.9 Å². The summed E-state index contributed by atoms with van der Waals surface area (Å²) in [5, 5.41) is 6.04. The van der Waals surface area contributed by atoms with Crippen molar-refractivity contribution in [2.75, 3.05) is 33.7 Å². The van der Waals surface area contributed by atoms with Crippen molar-refractivity contribution in [1.29, 1.82) is 0 Å². The fraction of sp³-hybridized carbons (Fsp3) is 0.579. The van der Waals surface area contributed by atoms with Crippen molar-refractivity contribution in [1.82, 2.24) is 15.5 Å². The monoisotopic (exact) mass is 474 g/mol. The summed E-state index contributed by atoms with van der Waals surface area (Å²) in [5.41, 5.74) is -0.487. The lowest BCUT2D eigenvalue weighted by molar-refractivity contribution is -0.128. The molecule has 0 atom stereocenters. The largest absolute Gasteiger partial charge is 0.490 e. The summed E-state index contributed by atoms with van der Waals surface area (Å²) >= 11 is 0. The van der Waals surface area contributed by atoms with Gasteiger partial charge in [0, 0.05) is 46.6 Å². The maximum Gasteiger partial charge on any atom is 0.227 e. The fourth-order valence-corrected chi connectivity index (χ4v) is 2.93. The third-order valence-electron chi connectivity index (χ3n) is 4.53. The Hall–Kier alpha value is -1.51. The van der Waals surface area contributed by atoms with Crippen LogP contribution in [-0.4, -0.2) is 56.6 Å². The molecule has 2 rings (SSSR count). The lowest BCUT2D eigenvalue weighted by Gasteiger charge is -2.35. The molecule has 7 heteroatoms. The molecule has 0 unspecified atom stereocenters. The van der Waals surface area contributed by atoms with Crippen molar-refractivity contribution >= 4 is 35.8 Å². The van der Waals surface area contributed by atoms with Crippen LogP contribution >= 0.6 is 24.0 Å². The van der Waals surface area contributed by atoms with E-state index in [1.54, 1.807) is 14.1 Å². The van der Waals surface area contributed by atoms with Gasteiger partial charge in [0.05, 0.1) is 5.41 Å². The van der Waals surface area contributed by atoms with E-state index in [9.17, 15) is 4.79 Å². The molecule has 2 N–H and O–H groups in total. The summed E-state index contributed by atoms with van der Waals surface area (Å²) in [4.78, 5) is 18.5. The molecular formula is C19H31IN4O2. The average Bonchev–Trinajstić information content (AvgIpc) is 2.63.